The second-order valence-electron chi connectivity index (χ2n) is 6.10. The topological polar surface area (TPSA) is 72.5 Å². The van der Waals surface area contributed by atoms with E-state index < -0.39 is 15.9 Å². The summed E-state index contributed by atoms with van der Waals surface area (Å²) in [5.41, 5.74) is 1.79. The number of amides is 1. The molecule has 2 rings (SSSR count). The zero-order valence-corrected chi connectivity index (χ0v) is 15.6. The van der Waals surface area contributed by atoms with Crippen molar-refractivity contribution >= 4 is 15.7 Å². The molecule has 134 valence electrons. The quantitative estimate of drug-likeness (QED) is 0.858. The van der Waals surface area contributed by atoms with Crippen LogP contribution in [0.25, 0.3) is 0 Å². The van der Waals surface area contributed by atoms with Crippen LogP contribution in [0.1, 0.15) is 31.0 Å². The van der Waals surface area contributed by atoms with Crippen LogP contribution < -0.4 is 10.1 Å². The van der Waals surface area contributed by atoms with E-state index in [0.717, 1.165) is 17.4 Å². The van der Waals surface area contributed by atoms with Crippen molar-refractivity contribution in [3.8, 4) is 5.75 Å². The Morgan fingerprint density at radius 3 is 2.20 bits per heavy atom. The Hall–Kier alpha value is -2.34. The van der Waals surface area contributed by atoms with E-state index in [0.29, 0.717) is 5.75 Å². The summed E-state index contributed by atoms with van der Waals surface area (Å²) in [6.07, 6.45) is 0.525. The van der Waals surface area contributed by atoms with Crippen LogP contribution in [0.5, 0.6) is 5.75 Å². The van der Waals surface area contributed by atoms with Gasteiger partial charge in [0.15, 0.2) is 15.9 Å². The van der Waals surface area contributed by atoms with Crippen molar-refractivity contribution in [2.75, 3.05) is 6.26 Å². The van der Waals surface area contributed by atoms with E-state index in [2.05, 4.69) is 5.32 Å². The summed E-state index contributed by atoms with van der Waals surface area (Å²) in [5.74, 6) is 0.443. The third-order valence-electron chi connectivity index (χ3n) is 3.93. The van der Waals surface area contributed by atoms with E-state index in [9.17, 15) is 13.2 Å². The van der Waals surface area contributed by atoms with E-state index in [1.54, 1.807) is 31.2 Å². The third-order valence-corrected chi connectivity index (χ3v) is 5.06. The van der Waals surface area contributed by atoms with Gasteiger partial charge in [0.25, 0.3) is 5.91 Å². The first-order valence-electron chi connectivity index (χ1n) is 8.01. The molecule has 0 aliphatic carbocycles. The third kappa shape index (κ3) is 5.06. The fourth-order valence-electron chi connectivity index (χ4n) is 2.35. The lowest BCUT2D eigenvalue weighted by Gasteiger charge is -2.20. The number of carbonyl (C=O) groups is 1. The molecule has 0 aromatic heterocycles. The smallest absolute Gasteiger partial charge is 0.261 e. The molecule has 0 radical (unpaired) electrons. The van der Waals surface area contributed by atoms with E-state index in [-0.39, 0.29) is 16.8 Å². The lowest BCUT2D eigenvalue weighted by molar-refractivity contribution is -0.127. The Morgan fingerprint density at radius 2 is 1.64 bits per heavy atom. The Morgan fingerprint density at radius 1 is 1.04 bits per heavy atom. The van der Waals surface area contributed by atoms with Crippen molar-refractivity contribution in [3.05, 3.63) is 59.7 Å². The van der Waals surface area contributed by atoms with Gasteiger partial charge < -0.3 is 10.1 Å². The maximum atomic E-state index is 12.3. The lowest BCUT2D eigenvalue weighted by Crippen LogP contribution is -2.37. The zero-order chi connectivity index (χ0) is 18.6. The fraction of sp³-hybridized carbons (Fsp3) is 0.316. The van der Waals surface area contributed by atoms with E-state index in [1.807, 2.05) is 38.1 Å². The van der Waals surface area contributed by atoms with Gasteiger partial charge in [-0.2, -0.15) is 0 Å². The molecule has 0 aliphatic rings. The van der Waals surface area contributed by atoms with Crippen LogP contribution >= 0.6 is 0 Å². The molecule has 0 unspecified atom stereocenters. The Labute approximate surface area is 148 Å². The van der Waals surface area contributed by atoms with Crippen LogP contribution in [0.3, 0.4) is 0 Å². The highest BCUT2D eigenvalue weighted by Gasteiger charge is 2.18. The molecule has 0 spiro atoms. The van der Waals surface area contributed by atoms with Gasteiger partial charge in [0.2, 0.25) is 0 Å². The van der Waals surface area contributed by atoms with Gasteiger partial charge in [0, 0.05) is 6.26 Å². The van der Waals surface area contributed by atoms with Crippen LogP contribution in [0.15, 0.2) is 53.4 Å². The van der Waals surface area contributed by atoms with Gasteiger partial charge in [-0.15, -0.1) is 0 Å². The molecule has 0 aliphatic heterocycles. The van der Waals surface area contributed by atoms with E-state index in [1.165, 1.54) is 0 Å². The molecule has 0 saturated heterocycles. The summed E-state index contributed by atoms with van der Waals surface area (Å²) in [4.78, 5) is 12.6. The molecule has 1 N–H and O–H groups in total. The summed E-state index contributed by atoms with van der Waals surface area (Å²) in [6, 6.07) is 13.7. The van der Waals surface area contributed by atoms with Crippen molar-refractivity contribution < 1.29 is 17.9 Å². The molecule has 0 fully saturated rings. The number of carbonyl (C=O) groups excluding carboxylic acids is 1. The summed E-state index contributed by atoms with van der Waals surface area (Å²) in [7, 11) is -3.23. The predicted octanol–water partition coefficient (Wildman–Crippen LogP) is 3.04. The minimum Gasteiger partial charge on any atom is -0.481 e. The van der Waals surface area contributed by atoms with Gasteiger partial charge in [-0.1, -0.05) is 30.3 Å². The van der Waals surface area contributed by atoms with Crippen molar-refractivity contribution in [2.24, 2.45) is 0 Å². The lowest BCUT2D eigenvalue weighted by atomic mass is 10.1. The number of sulfone groups is 1. The first-order valence-corrected chi connectivity index (χ1v) is 9.90. The molecule has 2 aromatic carbocycles. The number of nitrogens with one attached hydrogen (secondary N) is 1. The van der Waals surface area contributed by atoms with Gasteiger partial charge in [-0.3, -0.25) is 4.79 Å². The second-order valence-corrected chi connectivity index (χ2v) is 8.11. The van der Waals surface area contributed by atoms with Crippen molar-refractivity contribution in [1.29, 1.82) is 0 Å². The summed E-state index contributed by atoms with van der Waals surface area (Å²) >= 11 is 0. The number of para-hydroxylation sites is 1. The van der Waals surface area contributed by atoms with Gasteiger partial charge in [0.05, 0.1) is 10.9 Å². The van der Waals surface area contributed by atoms with E-state index in [4.69, 9.17) is 4.74 Å². The first-order chi connectivity index (χ1) is 11.7. The van der Waals surface area contributed by atoms with Crippen LogP contribution in [-0.4, -0.2) is 26.7 Å². The van der Waals surface area contributed by atoms with Gasteiger partial charge in [0.1, 0.15) is 5.75 Å². The number of hydrogen-bond donors (Lipinski definition) is 1. The molecule has 25 heavy (non-hydrogen) atoms. The molecule has 2 aromatic rings. The standard InChI is InChI=1S/C19H23NO4S/c1-13-7-5-6-8-18(13)24-15(3)19(21)20-14(2)16-9-11-17(12-10-16)25(4,22)23/h5-12,14-15H,1-4H3,(H,20,21)/t14-,15-/m0/s1. The highest BCUT2D eigenvalue weighted by atomic mass is 32.2. The monoisotopic (exact) mass is 361 g/mol. The summed E-state index contributed by atoms with van der Waals surface area (Å²) < 4.78 is 28.7. The first kappa shape index (κ1) is 19.0. The van der Waals surface area contributed by atoms with Gasteiger partial charge in [-0.25, -0.2) is 8.42 Å². The number of rotatable bonds is 6. The van der Waals surface area contributed by atoms with E-state index >= 15 is 0 Å². The average molecular weight is 361 g/mol. The molecular weight excluding hydrogens is 338 g/mol. The minimum atomic E-state index is -3.23. The summed E-state index contributed by atoms with van der Waals surface area (Å²) in [5, 5.41) is 2.88. The SMILES string of the molecule is Cc1ccccc1O[C@@H](C)C(=O)N[C@@H](C)c1ccc(S(C)(=O)=O)cc1. The molecule has 0 heterocycles. The van der Waals surface area contributed by atoms with Crippen molar-refractivity contribution in [3.63, 3.8) is 0 Å². The highest BCUT2D eigenvalue weighted by molar-refractivity contribution is 7.90. The number of benzene rings is 2. The van der Waals surface area contributed by atoms with Gasteiger partial charge >= 0.3 is 0 Å². The molecule has 1 amide bonds. The van der Waals surface area contributed by atoms with Crippen LogP contribution in [-0.2, 0) is 14.6 Å². The Balaban J connectivity index is 2.00. The Bertz CT molecular complexity index is 844. The number of hydrogen-bond acceptors (Lipinski definition) is 4. The maximum Gasteiger partial charge on any atom is 0.261 e. The number of ether oxygens (including phenoxy) is 1. The number of aryl methyl sites for hydroxylation is 1. The molecule has 2 atom stereocenters. The second kappa shape index (κ2) is 7.70. The van der Waals surface area contributed by atoms with Crippen molar-refractivity contribution in [1.82, 2.24) is 5.32 Å². The predicted molar refractivity (Wildman–Crippen MR) is 97.4 cm³/mol. The fourth-order valence-corrected chi connectivity index (χ4v) is 2.98. The molecule has 0 bridgehead atoms. The van der Waals surface area contributed by atoms with Crippen molar-refractivity contribution in [2.45, 2.75) is 37.8 Å². The highest BCUT2D eigenvalue weighted by Crippen LogP contribution is 2.19. The minimum absolute atomic E-state index is 0.233. The molecule has 6 heteroatoms. The zero-order valence-electron chi connectivity index (χ0n) is 14.8. The molecule has 5 nitrogen and oxygen atoms in total. The Kier molecular flexibility index (Phi) is 5.85. The van der Waals surface area contributed by atoms with Gasteiger partial charge in [-0.05, 0) is 50.1 Å². The van der Waals surface area contributed by atoms with Crippen LogP contribution in [0.2, 0.25) is 0 Å². The largest absolute Gasteiger partial charge is 0.481 e. The average Bonchev–Trinajstić information content (AvgIpc) is 2.56. The van der Waals surface area contributed by atoms with Crippen LogP contribution in [0.4, 0.5) is 0 Å². The molecular formula is C19H23NO4S. The normalized spacial score (nSPS) is 13.8. The van der Waals surface area contributed by atoms with Crippen LogP contribution in [0, 0.1) is 6.92 Å². The molecule has 0 saturated carbocycles. The summed E-state index contributed by atoms with van der Waals surface area (Å²) in [6.45, 7) is 5.46. The maximum absolute atomic E-state index is 12.3.